The summed E-state index contributed by atoms with van der Waals surface area (Å²) in [5.41, 5.74) is 0.690. The predicted molar refractivity (Wildman–Crippen MR) is 98.7 cm³/mol. The first kappa shape index (κ1) is 18.9. The lowest BCUT2D eigenvalue weighted by atomic mass is 9.67. The lowest BCUT2D eigenvalue weighted by Crippen LogP contribution is -2.30. The molecule has 0 saturated heterocycles. The van der Waals surface area contributed by atoms with Gasteiger partial charge in [-0.25, -0.2) is 9.97 Å². The maximum absolute atomic E-state index is 9.82. The molecule has 0 atom stereocenters. The van der Waals surface area contributed by atoms with E-state index in [2.05, 4.69) is 29.9 Å². The van der Waals surface area contributed by atoms with Crippen LogP contribution in [0.3, 0.4) is 0 Å². The SMILES string of the molecule is CCCCCCC[C@H]1CC[C@@](C#N)(c2cnc(CCC)nc2)CC1. The summed E-state index contributed by atoms with van der Waals surface area (Å²) in [7, 11) is 0. The van der Waals surface area contributed by atoms with E-state index in [1.165, 1.54) is 51.4 Å². The van der Waals surface area contributed by atoms with Gasteiger partial charge < -0.3 is 0 Å². The molecule has 0 spiro atoms. The maximum atomic E-state index is 9.82. The zero-order valence-electron chi connectivity index (χ0n) is 15.6. The summed E-state index contributed by atoms with van der Waals surface area (Å²) in [6.07, 6.45) is 18.2. The molecular weight excluding hydrogens is 294 g/mol. The quantitative estimate of drug-likeness (QED) is 0.543. The normalized spacial score (nSPS) is 23.8. The molecule has 0 amide bonds. The number of nitrogens with zero attached hydrogens (tertiary/aromatic N) is 3. The Morgan fingerprint density at radius 2 is 1.71 bits per heavy atom. The summed E-state index contributed by atoms with van der Waals surface area (Å²) in [4.78, 5) is 8.94. The van der Waals surface area contributed by atoms with Gasteiger partial charge in [-0.1, -0.05) is 52.4 Å². The van der Waals surface area contributed by atoms with Gasteiger partial charge in [-0.3, -0.25) is 0 Å². The van der Waals surface area contributed by atoms with E-state index in [-0.39, 0.29) is 5.41 Å². The third-order valence-electron chi connectivity index (χ3n) is 5.62. The molecule has 0 aliphatic heterocycles. The van der Waals surface area contributed by atoms with Gasteiger partial charge in [-0.2, -0.15) is 5.26 Å². The topological polar surface area (TPSA) is 49.6 Å². The van der Waals surface area contributed by atoms with Crippen molar-refractivity contribution in [2.75, 3.05) is 0 Å². The minimum Gasteiger partial charge on any atom is -0.241 e. The van der Waals surface area contributed by atoms with Crippen LogP contribution in [0.15, 0.2) is 12.4 Å². The van der Waals surface area contributed by atoms with E-state index in [1.807, 2.05) is 12.4 Å². The predicted octanol–water partition coefficient (Wildman–Crippen LogP) is 5.74. The van der Waals surface area contributed by atoms with Gasteiger partial charge in [0, 0.05) is 24.4 Å². The first-order valence-corrected chi connectivity index (χ1v) is 9.96. The Balaban J connectivity index is 1.86. The minimum atomic E-state index is -0.344. The number of nitriles is 1. The van der Waals surface area contributed by atoms with E-state index in [1.54, 1.807) is 0 Å². The highest BCUT2D eigenvalue weighted by Crippen LogP contribution is 2.42. The third-order valence-corrected chi connectivity index (χ3v) is 5.62. The van der Waals surface area contributed by atoms with Crippen LogP contribution in [0, 0.1) is 17.2 Å². The molecular formula is C21H33N3. The second-order valence-electron chi connectivity index (χ2n) is 7.48. The van der Waals surface area contributed by atoms with Gasteiger partial charge in [-0.15, -0.1) is 0 Å². The number of rotatable bonds is 9. The smallest absolute Gasteiger partial charge is 0.128 e. The maximum Gasteiger partial charge on any atom is 0.128 e. The van der Waals surface area contributed by atoms with E-state index in [9.17, 15) is 5.26 Å². The minimum absolute atomic E-state index is 0.344. The van der Waals surface area contributed by atoms with Gasteiger partial charge in [0.15, 0.2) is 0 Å². The van der Waals surface area contributed by atoms with E-state index < -0.39 is 0 Å². The first-order chi connectivity index (χ1) is 11.7. The Morgan fingerprint density at radius 3 is 2.29 bits per heavy atom. The van der Waals surface area contributed by atoms with Gasteiger partial charge in [-0.05, 0) is 38.0 Å². The number of unbranched alkanes of at least 4 members (excludes halogenated alkanes) is 4. The van der Waals surface area contributed by atoms with Crippen molar-refractivity contribution in [3.8, 4) is 6.07 Å². The van der Waals surface area contributed by atoms with Gasteiger partial charge in [0.2, 0.25) is 0 Å². The summed E-state index contributed by atoms with van der Waals surface area (Å²) in [5.74, 6) is 1.71. The summed E-state index contributed by atoms with van der Waals surface area (Å²) in [6.45, 7) is 4.40. The highest BCUT2D eigenvalue weighted by molar-refractivity contribution is 5.29. The summed E-state index contributed by atoms with van der Waals surface area (Å²) in [5, 5.41) is 9.82. The summed E-state index contributed by atoms with van der Waals surface area (Å²) < 4.78 is 0. The van der Waals surface area contributed by atoms with Crippen LogP contribution in [-0.4, -0.2) is 9.97 Å². The molecule has 0 N–H and O–H groups in total. The first-order valence-electron chi connectivity index (χ1n) is 9.96. The monoisotopic (exact) mass is 327 g/mol. The Labute approximate surface area is 147 Å². The average Bonchev–Trinajstić information content (AvgIpc) is 2.63. The van der Waals surface area contributed by atoms with Gasteiger partial charge >= 0.3 is 0 Å². The number of aromatic nitrogens is 2. The van der Waals surface area contributed by atoms with Crippen molar-refractivity contribution >= 4 is 0 Å². The molecule has 1 aromatic rings. The zero-order valence-corrected chi connectivity index (χ0v) is 15.6. The molecule has 132 valence electrons. The van der Waals surface area contributed by atoms with Crippen LogP contribution < -0.4 is 0 Å². The third kappa shape index (κ3) is 5.03. The molecule has 0 bridgehead atoms. The van der Waals surface area contributed by atoms with Crippen molar-refractivity contribution in [1.82, 2.24) is 9.97 Å². The molecule has 1 saturated carbocycles. The second-order valence-corrected chi connectivity index (χ2v) is 7.48. The Kier molecular flexibility index (Phi) is 7.69. The zero-order chi connectivity index (χ0) is 17.3. The van der Waals surface area contributed by atoms with Gasteiger partial charge in [0.25, 0.3) is 0 Å². The van der Waals surface area contributed by atoms with Crippen molar-refractivity contribution < 1.29 is 0 Å². The van der Waals surface area contributed by atoms with Gasteiger partial charge in [0.05, 0.1) is 11.5 Å². The molecule has 1 aliphatic carbocycles. The molecule has 1 heterocycles. The van der Waals surface area contributed by atoms with Crippen LogP contribution in [0.2, 0.25) is 0 Å². The molecule has 1 aromatic heterocycles. The van der Waals surface area contributed by atoms with Crippen molar-refractivity contribution in [2.45, 2.75) is 96.3 Å². The van der Waals surface area contributed by atoms with E-state index in [4.69, 9.17) is 0 Å². The highest BCUT2D eigenvalue weighted by atomic mass is 14.9. The number of hydrogen-bond donors (Lipinski definition) is 0. The van der Waals surface area contributed by atoms with Crippen molar-refractivity contribution in [2.24, 2.45) is 5.92 Å². The summed E-state index contributed by atoms with van der Waals surface area (Å²) in [6, 6.07) is 2.61. The number of hydrogen-bond acceptors (Lipinski definition) is 3. The molecule has 2 rings (SSSR count). The molecule has 1 fully saturated rings. The fourth-order valence-electron chi connectivity index (χ4n) is 3.92. The van der Waals surface area contributed by atoms with Gasteiger partial charge in [0.1, 0.15) is 5.82 Å². The van der Waals surface area contributed by atoms with Crippen molar-refractivity contribution in [3.05, 3.63) is 23.8 Å². The van der Waals surface area contributed by atoms with Crippen molar-refractivity contribution in [1.29, 1.82) is 5.26 Å². The van der Waals surface area contributed by atoms with Crippen LogP contribution in [-0.2, 0) is 11.8 Å². The van der Waals surface area contributed by atoms with E-state index >= 15 is 0 Å². The van der Waals surface area contributed by atoms with Crippen LogP contribution in [0.5, 0.6) is 0 Å². The van der Waals surface area contributed by atoms with Crippen LogP contribution in [0.1, 0.15) is 95.9 Å². The lowest BCUT2D eigenvalue weighted by Gasteiger charge is -2.35. The molecule has 0 radical (unpaired) electrons. The fourth-order valence-corrected chi connectivity index (χ4v) is 3.92. The summed E-state index contributed by atoms with van der Waals surface area (Å²) >= 11 is 0. The Bertz CT molecular complexity index is 507. The molecule has 24 heavy (non-hydrogen) atoms. The molecule has 1 aliphatic rings. The molecule has 0 unspecified atom stereocenters. The molecule has 0 aromatic carbocycles. The van der Waals surface area contributed by atoms with Crippen molar-refractivity contribution in [3.63, 3.8) is 0 Å². The van der Waals surface area contributed by atoms with E-state index in [0.717, 1.165) is 43.0 Å². The number of aryl methyl sites for hydroxylation is 1. The second kappa shape index (κ2) is 9.77. The Hall–Kier alpha value is -1.43. The van der Waals surface area contributed by atoms with E-state index in [0.29, 0.717) is 0 Å². The molecule has 3 nitrogen and oxygen atoms in total. The fraction of sp³-hybridized carbons (Fsp3) is 0.762. The molecule has 3 heteroatoms. The van der Waals surface area contributed by atoms with Crippen LogP contribution in [0.25, 0.3) is 0 Å². The standard InChI is InChI=1S/C21H33N3/c1-3-5-6-7-8-10-18-11-13-21(17-22,14-12-18)19-15-23-20(9-4-2)24-16-19/h15-16,18H,3-14H2,1-2H3/t18-,21+. The highest BCUT2D eigenvalue weighted by Gasteiger charge is 2.37. The lowest BCUT2D eigenvalue weighted by molar-refractivity contribution is 0.260. The van der Waals surface area contributed by atoms with Crippen LogP contribution in [0.4, 0.5) is 0 Å². The van der Waals surface area contributed by atoms with Crippen LogP contribution >= 0.6 is 0 Å². The largest absolute Gasteiger partial charge is 0.241 e. The Morgan fingerprint density at radius 1 is 1.04 bits per heavy atom. The average molecular weight is 328 g/mol.